The molecule has 1 aromatic rings. The number of likely N-dealkylation sites (N-methyl/N-ethyl adjacent to an activating group) is 1. The van der Waals surface area contributed by atoms with E-state index in [9.17, 15) is 4.79 Å². The lowest BCUT2D eigenvalue weighted by atomic mass is 10.1. The number of amides is 1. The highest BCUT2D eigenvalue weighted by atomic mass is 16.5. The normalized spacial score (nSPS) is 18.7. The fourth-order valence-corrected chi connectivity index (χ4v) is 2.41. The number of carbonyl (C=O) groups is 1. The first-order valence-electron chi connectivity index (χ1n) is 6.95. The highest BCUT2D eigenvalue weighted by Crippen LogP contribution is 2.25. The summed E-state index contributed by atoms with van der Waals surface area (Å²) < 4.78 is 10.8. The Morgan fingerprint density at radius 3 is 2.85 bits per heavy atom. The molecular formula is C15H22N2O3. The van der Waals surface area contributed by atoms with Crippen molar-refractivity contribution in [3.63, 3.8) is 0 Å². The number of methoxy groups -OCH3 is 1. The predicted molar refractivity (Wildman–Crippen MR) is 77.2 cm³/mol. The minimum Gasteiger partial charge on any atom is -0.493 e. The van der Waals surface area contributed by atoms with E-state index in [0.29, 0.717) is 17.5 Å². The molecule has 1 fully saturated rings. The van der Waals surface area contributed by atoms with Gasteiger partial charge in [-0.2, -0.15) is 0 Å². The number of benzene rings is 1. The van der Waals surface area contributed by atoms with E-state index >= 15 is 0 Å². The van der Waals surface area contributed by atoms with E-state index in [1.165, 1.54) is 0 Å². The van der Waals surface area contributed by atoms with E-state index in [4.69, 9.17) is 9.47 Å². The second-order valence-electron chi connectivity index (χ2n) is 4.91. The number of rotatable bonds is 5. The van der Waals surface area contributed by atoms with Crippen LogP contribution < -0.4 is 14.8 Å². The number of nitrogens with zero attached hydrogens (tertiary/aromatic N) is 1. The van der Waals surface area contributed by atoms with Gasteiger partial charge >= 0.3 is 0 Å². The van der Waals surface area contributed by atoms with Crippen molar-refractivity contribution in [2.75, 3.05) is 33.9 Å². The van der Waals surface area contributed by atoms with Crippen molar-refractivity contribution in [3.05, 3.63) is 24.3 Å². The first kappa shape index (κ1) is 14.7. The highest BCUT2D eigenvalue weighted by molar-refractivity contribution is 5.78. The first-order valence-corrected chi connectivity index (χ1v) is 6.95. The summed E-state index contributed by atoms with van der Waals surface area (Å²) >= 11 is 0. The van der Waals surface area contributed by atoms with Crippen molar-refractivity contribution < 1.29 is 14.3 Å². The monoisotopic (exact) mass is 278 g/mol. The molecule has 0 saturated carbocycles. The van der Waals surface area contributed by atoms with E-state index in [1.54, 1.807) is 13.2 Å². The third-order valence-electron chi connectivity index (χ3n) is 3.60. The molecule has 1 aromatic carbocycles. The van der Waals surface area contributed by atoms with Gasteiger partial charge in [0.2, 0.25) is 0 Å². The number of nitrogens with one attached hydrogen (secondary N) is 1. The van der Waals surface area contributed by atoms with Crippen LogP contribution in [0.3, 0.4) is 0 Å². The molecule has 110 valence electrons. The topological polar surface area (TPSA) is 50.8 Å². The average Bonchev–Trinajstić information content (AvgIpc) is 2.52. The van der Waals surface area contributed by atoms with E-state index in [-0.39, 0.29) is 12.5 Å². The standard InChI is InChI=1S/C15H22N2O3/c1-16-12-6-5-9-17(10-12)15(18)11-20-14-8-4-3-7-13(14)19-2/h3-4,7-8,12,16H,5-6,9-11H2,1-2H3. The van der Waals surface area contributed by atoms with Crippen molar-refractivity contribution in [1.82, 2.24) is 10.2 Å². The lowest BCUT2D eigenvalue weighted by Crippen LogP contribution is -2.48. The first-order chi connectivity index (χ1) is 9.74. The largest absolute Gasteiger partial charge is 0.493 e. The van der Waals surface area contributed by atoms with Gasteiger partial charge < -0.3 is 19.7 Å². The van der Waals surface area contributed by atoms with Crippen LogP contribution in [0.2, 0.25) is 0 Å². The molecule has 5 heteroatoms. The molecule has 1 saturated heterocycles. The number of piperidine rings is 1. The maximum atomic E-state index is 12.2. The Kier molecular flexibility index (Phi) is 5.24. The summed E-state index contributed by atoms with van der Waals surface area (Å²) in [6.07, 6.45) is 2.15. The van der Waals surface area contributed by atoms with Gasteiger partial charge in [-0.05, 0) is 32.0 Å². The van der Waals surface area contributed by atoms with Gasteiger partial charge in [-0.1, -0.05) is 12.1 Å². The summed E-state index contributed by atoms with van der Waals surface area (Å²) in [5.74, 6) is 1.27. The quantitative estimate of drug-likeness (QED) is 0.881. The SMILES string of the molecule is CNC1CCCN(C(=O)COc2ccccc2OC)C1. The molecule has 2 rings (SSSR count). The molecule has 1 N–H and O–H groups in total. The second-order valence-corrected chi connectivity index (χ2v) is 4.91. The lowest BCUT2D eigenvalue weighted by molar-refractivity contribution is -0.134. The van der Waals surface area contributed by atoms with E-state index in [2.05, 4.69) is 5.32 Å². The number of para-hydroxylation sites is 2. The number of hydrogen-bond acceptors (Lipinski definition) is 4. The van der Waals surface area contributed by atoms with Crippen LogP contribution in [-0.4, -0.2) is 50.7 Å². The molecule has 1 amide bonds. The zero-order valence-electron chi connectivity index (χ0n) is 12.1. The Hall–Kier alpha value is -1.75. The van der Waals surface area contributed by atoms with Crippen LogP contribution in [0.15, 0.2) is 24.3 Å². The summed E-state index contributed by atoms with van der Waals surface area (Å²) in [4.78, 5) is 14.0. The molecule has 1 aliphatic rings. The van der Waals surface area contributed by atoms with Gasteiger partial charge in [-0.3, -0.25) is 4.79 Å². The van der Waals surface area contributed by atoms with Crippen LogP contribution in [0.4, 0.5) is 0 Å². The minimum atomic E-state index is 0.0239. The van der Waals surface area contributed by atoms with Crippen LogP contribution >= 0.6 is 0 Å². The molecule has 0 spiro atoms. The fourth-order valence-electron chi connectivity index (χ4n) is 2.41. The van der Waals surface area contributed by atoms with Crippen molar-refractivity contribution in [1.29, 1.82) is 0 Å². The maximum Gasteiger partial charge on any atom is 0.260 e. The minimum absolute atomic E-state index is 0.0239. The van der Waals surface area contributed by atoms with Crippen LogP contribution in [0.25, 0.3) is 0 Å². The average molecular weight is 278 g/mol. The predicted octanol–water partition coefficient (Wildman–Crippen LogP) is 1.28. The molecule has 20 heavy (non-hydrogen) atoms. The third-order valence-corrected chi connectivity index (χ3v) is 3.60. The summed E-state index contributed by atoms with van der Waals surface area (Å²) in [6, 6.07) is 7.74. The van der Waals surface area contributed by atoms with Crippen LogP contribution in [0.1, 0.15) is 12.8 Å². The number of ether oxygens (including phenoxy) is 2. The number of hydrogen-bond donors (Lipinski definition) is 1. The molecule has 1 aliphatic heterocycles. The van der Waals surface area contributed by atoms with Gasteiger partial charge in [0.15, 0.2) is 18.1 Å². The van der Waals surface area contributed by atoms with Gasteiger partial charge in [0.05, 0.1) is 7.11 Å². The smallest absolute Gasteiger partial charge is 0.260 e. The van der Waals surface area contributed by atoms with Crippen LogP contribution in [0, 0.1) is 0 Å². The third kappa shape index (κ3) is 3.63. The van der Waals surface area contributed by atoms with Gasteiger partial charge in [0, 0.05) is 19.1 Å². The maximum absolute atomic E-state index is 12.2. The van der Waals surface area contributed by atoms with E-state index in [1.807, 2.05) is 30.1 Å². The molecule has 0 bridgehead atoms. The molecule has 5 nitrogen and oxygen atoms in total. The Bertz CT molecular complexity index is 450. The second kappa shape index (κ2) is 7.14. The Morgan fingerprint density at radius 2 is 2.15 bits per heavy atom. The zero-order chi connectivity index (χ0) is 14.4. The fraction of sp³-hybridized carbons (Fsp3) is 0.533. The van der Waals surface area contributed by atoms with Crippen LogP contribution in [0.5, 0.6) is 11.5 Å². The summed E-state index contributed by atoms with van der Waals surface area (Å²) in [5, 5.41) is 3.23. The van der Waals surface area contributed by atoms with E-state index in [0.717, 1.165) is 25.9 Å². The number of likely N-dealkylation sites (tertiary alicyclic amines) is 1. The molecule has 1 unspecified atom stereocenters. The molecular weight excluding hydrogens is 256 g/mol. The molecule has 1 heterocycles. The Labute approximate surface area is 119 Å². The summed E-state index contributed by atoms with van der Waals surface area (Å²) in [6.45, 7) is 1.62. The summed E-state index contributed by atoms with van der Waals surface area (Å²) in [7, 11) is 3.52. The van der Waals surface area contributed by atoms with Crippen molar-refractivity contribution in [2.24, 2.45) is 0 Å². The molecule has 1 atom stereocenters. The van der Waals surface area contributed by atoms with Gasteiger partial charge in [0.1, 0.15) is 0 Å². The van der Waals surface area contributed by atoms with Crippen molar-refractivity contribution >= 4 is 5.91 Å². The van der Waals surface area contributed by atoms with Crippen molar-refractivity contribution in [3.8, 4) is 11.5 Å². The van der Waals surface area contributed by atoms with Gasteiger partial charge in [0.25, 0.3) is 5.91 Å². The Morgan fingerprint density at radius 1 is 1.40 bits per heavy atom. The van der Waals surface area contributed by atoms with Gasteiger partial charge in [-0.25, -0.2) is 0 Å². The van der Waals surface area contributed by atoms with Crippen molar-refractivity contribution in [2.45, 2.75) is 18.9 Å². The number of carbonyl (C=O) groups excluding carboxylic acids is 1. The highest BCUT2D eigenvalue weighted by Gasteiger charge is 2.22. The molecule has 0 radical (unpaired) electrons. The molecule has 0 aromatic heterocycles. The lowest BCUT2D eigenvalue weighted by Gasteiger charge is -2.32. The zero-order valence-corrected chi connectivity index (χ0v) is 12.1. The van der Waals surface area contributed by atoms with E-state index < -0.39 is 0 Å². The Balaban J connectivity index is 1.88. The van der Waals surface area contributed by atoms with Gasteiger partial charge in [-0.15, -0.1) is 0 Å². The summed E-state index contributed by atoms with van der Waals surface area (Å²) in [5.41, 5.74) is 0. The van der Waals surface area contributed by atoms with Crippen LogP contribution in [-0.2, 0) is 4.79 Å². The molecule has 0 aliphatic carbocycles.